The predicted octanol–water partition coefficient (Wildman–Crippen LogP) is 3.28. The minimum Gasteiger partial charge on any atom is -0.397 e. The van der Waals surface area contributed by atoms with Crippen molar-refractivity contribution in [3.05, 3.63) is 41.2 Å². The van der Waals surface area contributed by atoms with Crippen LogP contribution in [-0.4, -0.2) is 15.7 Å². The van der Waals surface area contributed by atoms with Gasteiger partial charge in [0.15, 0.2) is 0 Å². The summed E-state index contributed by atoms with van der Waals surface area (Å²) in [7, 11) is 1.92. The van der Waals surface area contributed by atoms with Gasteiger partial charge in [0, 0.05) is 18.7 Å². The van der Waals surface area contributed by atoms with Crippen molar-refractivity contribution in [2.24, 2.45) is 13.0 Å². The first-order valence-electron chi connectivity index (χ1n) is 7.04. The number of carbonyl (C=O) groups is 1. The van der Waals surface area contributed by atoms with Gasteiger partial charge in [-0.3, -0.25) is 9.48 Å². The number of benzene rings is 1. The Hall–Kier alpha value is -1.72. The number of rotatable bonds is 4. The molecule has 0 spiro atoms. The van der Waals surface area contributed by atoms with Crippen LogP contribution in [0.3, 0.4) is 0 Å². The van der Waals surface area contributed by atoms with Crippen LogP contribution in [0.5, 0.6) is 0 Å². The third-order valence-corrected chi connectivity index (χ3v) is 3.84. The number of hydrogen-bond donors (Lipinski definition) is 2. The molecule has 5 nitrogen and oxygen atoms in total. The standard InChI is InChI=1S/C16H22N4O.2ClH/c1-10(9-13-11(2)19-20(4)12(13)3)16(21)18-15-8-6-5-7-14(15)17;;/h5-8,10H,9,17H2,1-4H3,(H,18,21);2*1H. The van der Waals surface area contributed by atoms with E-state index in [1.54, 1.807) is 12.1 Å². The van der Waals surface area contributed by atoms with Crippen molar-refractivity contribution in [3.63, 3.8) is 0 Å². The van der Waals surface area contributed by atoms with E-state index in [-0.39, 0.29) is 36.6 Å². The first-order chi connectivity index (χ1) is 9.90. The van der Waals surface area contributed by atoms with Crippen LogP contribution in [0.25, 0.3) is 0 Å². The zero-order chi connectivity index (χ0) is 15.6. The molecule has 1 heterocycles. The molecule has 0 aliphatic heterocycles. The van der Waals surface area contributed by atoms with E-state index < -0.39 is 0 Å². The van der Waals surface area contributed by atoms with E-state index in [2.05, 4.69) is 10.4 Å². The number of anilines is 2. The van der Waals surface area contributed by atoms with Crippen molar-refractivity contribution in [1.82, 2.24) is 9.78 Å². The summed E-state index contributed by atoms with van der Waals surface area (Å²) in [5.41, 5.74) is 10.3. The van der Waals surface area contributed by atoms with Crippen molar-refractivity contribution in [2.75, 3.05) is 11.1 Å². The summed E-state index contributed by atoms with van der Waals surface area (Å²) in [5.74, 6) is -0.179. The second kappa shape index (κ2) is 8.79. The number of nitrogen functional groups attached to an aromatic ring is 1. The van der Waals surface area contributed by atoms with E-state index in [9.17, 15) is 4.79 Å². The van der Waals surface area contributed by atoms with Gasteiger partial charge in [0.2, 0.25) is 5.91 Å². The average molecular weight is 359 g/mol. The smallest absolute Gasteiger partial charge is 0.227 e. The van der Waals surface area contributed by atoms with Crippen molar-refractivity contribution in [2.45, 2.75) is 27.2 Å². The van der Waals surface area contributed by atoms with Gasteiger partial charge in [-0.05, 0) is 38.0 Å². The second-order valence-electron chi connectivity index (χ2n) is 5.45. The summed E-state index contributed by atoms with van der Waals surface area (Å²) >= 11 is 0. The summed E-state index contributed by atoms with van der Waals surface area (Å²) in [4.78, 5) is 12.3. The number of nitrogens with two attached hydrogens (primary N) is 1. The number of carbonyl (C=O) groups excluding carboxylic acids is 1. The van der Waals surface area contributed by atoms with Crippen molar-refractivity contribution in [1.29, 1.82) is 0 Å². The largest absolute Gasteiger partial charge is 0.397 e. The van der Waals surface area contributed by atoms with Crippen LogP contribution in [0.15, 0.2) is 24.3 Å². The van der Waals surface area contributed by atoms with E-state index in [4.69, 9.17) is 5.73 Å². The molecule has 7 heteroatoms. The van der Waals surface area contributed by atoms with Gasteiger partial charge in [0.25, 0.3) is 0 Å². The number of amides is 1. The first kappa shape index (κ1) is 21.3. The molecule has 0 radical (unpaired) electrons. The Labute approximate surface area is 149 Å². The molecule has 0 aliphatic carbocycles. The van der Waals surface area contributed by atoms with Gasteiger partial charge in [-0.1, -0.05) is 19.1 Å². The Kier molecular flexibility index (Phi) is 8.14. The lowest BCUT2D eigenvalue weighted by Gasteiger charge is -2.14. The number of aromatic nitrogens is 2. The molecule has 0 saturated carbocycles. The normalized spacial score (nSPS) is 11.1. The fourth-order valence-electron chi connectivity index (χ4n) is 2.38. The number of halogens is 2. The monoisotopic (exact) mass is 358 g/mol. The fourth-order valence-corrected chi connectivity index (χ4v) is 2.38. The van der Waals surface area contributed by atoms with Gasteiger partial charge in [-0.25, -0.2) is 0 Å². The third kappa shape index (κ3) is 4.88. The summed E-state index contributed by atoms with van der Waals surface area (Å²) < 4.78 is 1.85. The first-order valence-corrected chi connectivity index (χ1v) is 7.04. The molecule has 0 aliphatic rings. The molecule has 2 aromatic rings. The molecular weight excluding hydrogens is 335 g/mol. The van der Waals surface area contributed by atoms with Gasteiger partial charge in [0.05, 0.1) is 17.1 Å². The van der Waals surface area contributed by atoms with Crippen LogP contribution in [0.4, 0.5) is 11.4 Å². The molecule has 0 saturated heterocycles. The molecule has 1 atom stereocenters. The Balaban J connectivity index is 0.00000242. The lowest BCUT2D eigenvalue weighted by molar-refractivity contribution is -0.119. The van der Waals surface area contributed by atoms with E-state index in [0.29, 0.717) is 17.8 Å². The zero-order valence-corrected chi connectivity index (χ0v) is 15.4. The molecule has 3 N–H and O–H groups in total. The SMILES string of the molecule is Cc1nn(C)c(C)c1CC(C)C(=O)Nc1ccccc1N.Cl.Cl. The van der Waals surface area contributed by atoms with E-state index in [0.717, 1.165) is 17.0 Å². The van der Waals surface area contributed by atoms with Crippen LogP contribution in [0.2, 0.25) is 0 Å². The van der Waals surface area contributed by atoms with Gasteiger partial charge >= 0.3 is 0 Å². The minimum atomic E-state index is -0.147. The summed E-state index contributed by atoms with van der Waals surface area (Å²) in [6.07, 6.45) is 0.671. The quantitative estimate of drug-likeness (QED) is 0.823. The maximum absolute atomic E-state index is 12.3. The summed E-state index contributed by atoms with van der Waals surface area (Å²) in [5, 5.41) is 7.27. The molecule has 23 heavy (non-hydrogen) atoms. The zero-order valence-electron chi connectivity index (χ0n) is 13.8. The summed E-state index contributed by atoms with van der Waals surface area (Å²) in [6, 6.07) is 7.28. The van der Waals surface area contributed by atoms with Gasteiger partial charge in [-0.2, -0.15) is 5.10 Å². The van der Waals surface area contributed by atoms with E-state index >= 15 is 0 Å². The second-order valence-corrected chi connectivity index (χ2v) is 5.45. The lowest BCUT2D eigenvalue weighted by atomic mass is 9.98. The number of nitrogens with one attached hydrogen (secondary N) is 1. The average Bonchev–Trinajstić information content (AvgIpc) is 2.67. The Morgan fingerprint density at radius 2 is 1.91 bits per heavy atom. The number of nitrogens with zero attached hydrogens (tertiary/aromatic N) is 2. The van der Waals surface area contributed by atoms with E-state index in [1.807, 2.05) is 44.6 Å². The maximum atomic E-state index is 12.3. The van der Waals surface area contributed by atoms with Crippen LogP contribution in [0.1, 0.15) is 23.9 Å². The van der Waals surface area contributed by atoms with Crippen molar-refractivity contribution < 1.29 is 4.79 Å². The summed E-state index contributed by atoms with van der Waals surface area (Å²) in [6.45, 7) is 5.91. The van der Waals surface area contributed by atoms with Gasteiger partial charge in [0.1, 0.15) is 0 Å². The molecule has 0 fully saturated rings. The highest BCUT2D eigenvalue weighted by Gasteiger charge is 2.19. The molecule has 1 aromatic carbocycles. The highest BCUT2D eigenvalue weighted by Crippen LogP contribution is 2.20. The highest BCUT2D eigenvalue weighted by molar-refractivity contribution is 5.95. The molecule has 2 rings (SSSR count). The predicted molar refractivity (Wildman–Crippen MR) is 99.5 cm³/mol. The molecular formula is C16H24Cl2N4O. The molecule has 0 bridgehead atoms. The highest BCUT2D eigenvalue weighted by atomic mass is 35.5. The Morgan fingerprint density at radius 1 is 1.30 bits per heavy atom. The molecule has 1 amide bonds. The minimum absolute atomic E-state index is 0. The fraction of sp³-hybridized carbons (Fsp3) is 0.375. The van der Waals surface area contributed by atoms with Gasteiger partial charge < -0.3 is 11.1 Å². The van der Waals surface area contributed by atoms with Crippen LogP contribution in [0, 0.1) is 19.8 Å². The van der Waals surface area contributed by atoms with E-state index in [1.165, 1.54) is 0 Å². The Bertz CT molecular complexity index is 670. The number of para-hydroxylation sites is 2. The molecule has 1 unspecified atom stereocenters. The third-order valence-electron chi connectivity index (χ3n) is 3.84. The molecule has 1 aromatic heterocycles. The Morgan fingerprint density at radius 3 is 2.43 bits per heavy atom. The van der Waals surface area contributed by atoms with Crippen LogP contribution >= 0.6 is 24.8 Å². The van der Waals surface area contributed by atoms with Crippen LogP contribution in [-0.2, 0) is 18.3 Å². The maximum Gasteiger partial charge on any atom is 0.227 e. The van der Waals surface area contributed by atoms with Crippen molar-refractivity contribution in [3.8, 4) is 0 Å². The van der Waals surface area contributed by atoms with Gasteiger partial charge in [-0.15, -0.1) is 24.8 Å². The topological polar surface area (TPSA) is 72.9 Å². The number of hydrogen-bond acceptors (Lipinski definition) is 3. The van der Waals surface area contributed by atoms with Crippen molar-refractivity contribution >= 4 is 42.1 Å². The van der Waals surface area contributed by atoms with Crippen LogP contribution < -0.4 is 11.1 Å². The number of aryl methyl sites for hydroxylation is 2. The molecule has 128 valence electrons. The lowest BCUT2D eigenvalue weighted by Crippen LogP contribution is -2.23.